The highest BCUT2D eigenvalue weighted by atomic mass is 32.1. The van der Waals surface area contributed by atoms with Crippen LogP contribution >= 0.6 is 11.3 Å². The van der Waals surface area contributed by atoms with E-state index in [9.17, 15) is 4.79 Å². The maximum absolute atomic E-state index is 12.9. The van der Waals surface area contributed by atoms with Crippen molar-refractivity contribution in [2.45, 2.75) is 38.1 Å². The number of rotatable bonds is 4. The first-order chi connectivity index (χ1) is 14.3. The molecule has 1 atom stereocenters. The fourth-order valence-corrected chi connectivity index (χ4v) is 5.19. The minimum atomic E-state index is -0.0793. The highest BCUT2D eigenvalue weighted by Crippen LogP contribution is 2.34. The fourth-order valence-electron chi connectivity index (χ4n) is 4.19. The van der Waals surface area contributed by atoms with Crippen molar-refractivity contribution in [3.05, 3.63) is 30.0 Å². The van der Waals surface area contributed by atoms with Gasteiger partial charge in [-0.25, -0.2) is 9.97 Å². The van der Waals surface area contributed by atoms with Crippen LogP contribution in [-0.4, -0.2) is 53.1 Å². The van der Waals surface area contributed by atoms with Gasteiger partial charge in [-0.3, -0.25) is 4.79 Å². The van der Waals surface area contributed by atoms with Crippen LogP contribution in [0.1, 0.15) is 42.5 Å². The number of hydrogen-bond acceptors (Lipinski definition) is 6. The number of nitrogens with zero attached hydrogens (tertiary/aromatic N) is 3. The third-order valence-corrected chi connectivity index (χ3v) is 6.91. The summed E-state index contributed by atoms with van der Waals surface area (Å²) < 4.78 is 0. The zero-order valence-electron chi connectivity index (χ0n) is 16.4. The molecule has 8 heteroatoms. The molecule has 0 bridgehead atoms. The second kappa shape index (κ2) is 8.12. The zero-order chi connectivity index (χ0) is 19.6. The van der Waals surface area contributed by atoms with Crippen molar-refractivity contribution in [2.75, 3.05) is 31.1 Å². The lowest BCUT2D eigenvalue weighted by atomic mass is 10.1. The maximum atomic E-state index is 12.9. The van der Waals surface area contributed by atoms with Gasteiger partial charge in [0, 0.05) is 31.9 Å². The first-order valence-electron chi connectivity index (χ1n) is 10.5. The number of nitrogens with one attached hydrogen (secondary N) is 3. The molecule has 152 valence electrons. The number of anilines is 1. The molecule has 0 saturated carbocycles. The molecular weight excluding hydrogens is 384 g/mol. The van der Waals surface area contributed by atoms with Gasteiger partial charge in [0.05, 0.1) is 15.4 Å². The Hall–Kier alpha value is -2.45. The predicted octanol–water partition coefficient (Wildman–Crippen LogP) is 3.16. The normalized spacial score (nSPS) is 20.1. The van der Waals surface area contributed by atoms with Crippen LogP contribution in [-0.2, 0) is 0 Å². The van der Waals surface area contributed by atoms with Crippen molar-refractivity contribution < 1.29 is 4.79 Å². The second-order valence-corrected chi connectivity index (χ2v) is 8.91. The number of aromatic nitrogens is 3. The van der Waals surface area contributed by atoms with E-state index in [0.29, 0.717) is 16.7 Å². The minimum absolute atomic E-state index is 0.0793. The molecule has 2 aliphatic heterocycles. The average molecular weight is 411 g/mol. The van der Waals surface area contributed by atoms with Crippen LogP contribution in [0.4, 0.5) is 5.00 Å². The van der Waals surface area contributed by atoms with E-state index in [0.717, 1.165) is 49.7 Å². The summed E-state index contributed by atoms with van der Waals surface area (Å²) >= 11 is 1.75. The number of imidazole rings is 1. The standard InChI is InChI=1S/C21H26N6OS/c28-21(24-14-5-4-9-22-13-14)15-8-10-23-20-18(15)25-19(26-20)16-6-7-17(29-16)27-11-2-1-3-12-27/h6-8,10,14,22H,1-5,9,11-13H2,(H,24,28)(H,23,25,26)/t14-/m0/s1. The van der Waals surface area contributed by atoms with Crippen LogP contribution in [0, 0.1) is 0 Å². The van der Waals surface area contributed by atoms with Gasteiger partial charge >= 0.3 is 0 Å². The van der Waals surface area contributed by atoms with Crippen molar-refractivity contribution in [1.29, 1.82) is 0 Å². The summed E-state index contributed by atoms with van der Waals surface area (Å²) in [4.78, 5) is 28.8. The van der Waals surface area contributed by atoms with Gasteiger partial charge in [-0.2, -0.15) is 0 Å². The highest BCUT2D eigenvalue weighted by Gasteiger charge is 2.21. The number of aromatic amines is 1. The minimum Gasteiger partial charge on any atom is -0.363 e. The average Bonchev–Trinajstić information content (AvgIpc) is 3.42. The molecule has 2 saturated heterocycles. The molecule has 29 heavy (non-hydrogen) atoms. The van der Waals surface area contributed by atoms with Crippen LogP contribution < -0.4 is 15.5 Å². The van der Waals surface area contributed by atoms with E-state index in [1.165, 1.54) is 24.3 Å². The molecule has 1 amide bonds. The summed E-state index contributed by atoms with van der Waals surface area (Å²) in [7, 11) is 0. The van der Waals surface area contributed by atoms with Gasteiger partial charge in [-0.05, 0) is 56.8 Å². The first kappa shape index (κ1) is 18.6. The number of carbonyl (C=O) groups is 1. The molecule has 3 aromatic rings. The van der Waals surface area contributed by atoms with Gasteiger partial charge in [-0.1, -0.05) is 0 Å². The van der Waals surface area contributed by atoms with Crippen molar-refractivity contribution in [3.63, 3.8) is 0 Å². The van der Waals surface area contributed by atoms with E-state index >= 15 is 0 Å². The largest absolute Gasteiger partial charge is 0.363 e. The Balaban J connectivity index is 1.40. The number of carbonyl (C=O) groups excluding carboxylic acids is 1. The SMILES string of the molecule is O=C(N[C@H]1CCCNC1)c1ccnc2[nH]c(-c3ccc(N4CCCCC4)s3)nc12. The number of amides is 1. The number of H-pyrrole nitrogens is 1. The molecule has 3 N–H and O–H groups in total. The van der Waals surface area contributed by atoms with E-state index in [2.05, 4.69) is 37.6 Å². The molecule has 2 aliphatic rings. The number of fused-ring (bicyclic) bond motifs is 1. The third-order valence-electron chi connectivity index (χ3n) is 5.75. The van der Waals surface area contributed by atoms with E-state index in [1.54, 1.807) is 23.6 Å². The van der Waals surface area contributed by atoms with E-state index in [1.807, 2.05) is 0 Å². The summed E-state index contributed by atoms with van der Waals surface area (Å²) in [5, 5.41) is 7.76. The molecular formula is C21H26N6OS. The number of thiophene rings is 1. The number of piperidine rings is 2. The maximum Gasteiger partial charge on any atom is 0.253 e. The summed E-state index contributed by atoms with van der Waals surface area (Å²) in [5.41, 5.74) is 1.87. The van der Waals surface area contributed by atoms with Crippen LogP contribution in [0.25, 0.3) is 21.9 Å². The van der Waals surface area contributed by atoms with E-state index < -0.39 is 0 Å². The van der Waals surface area contributed by atoms with Crippen LogP contribution in [0.2, 0.25) is 0 Å². The van der Waals surface area contributed by atoms with Crippen molar-refractivity contribution in [3.8, 4) is 10.7 Å². The lowest BCUT2D eigenvalue weighted by Gasteiger charge is -2.27. The molecule has 3 aromatic heterocycles. The summed E-state index contributed by atoms with van der Waals surface area (Å²) in [6.45, 7) is 4.10. The molecule has 0 unspecified atom stereocenters. The summed E-state index contributed by atoms with van der Waals surface area (Å²) in [6, 6.07) is 6.21. The molecule has 0 spiro atoms. The molecule has 0 aromatic carbocycles. The monoisotopic (exact) mass is 410 g/mol. The molecule has 5 rings (SSSR count). The van der Waals surface area contributed by atoms with Crippen LogP contribution in [0.3, 0.4) is 0 Å². The van der Waals surface area contributed by atoms with Crippen molar-refractivity contribution in [1.82, 2.24) is 25.6 Å². The molecule has 0 aliphatic carbocycles. The zero-order valence-corrected chi connectivity index (χ0v) is 17.2. The summed E-state index contributed by atoms with van der Waals surface area (Å²) in [5.74, 6) is 0.699. The van der Waals surface area contributed by atoms with Crippen LogP contribution in [0.5, 0.6) is 0 Å². The Morgan fingerprint density at radius 3 is 2.90 bits per heavy atom. The Kier molecular flexibility index (Phi) is 5.20. The van der Waals surface area contributed by atoms with Gasteiger partial charge in [0.15, 0.2) is 5.65 Å². The predicted molar refractivity (Wildman–Crippen MR) is 117 cm³/mol. The van der Waals surface area contributed by atoms with Crippen molar-refractivity contribution >= 4 is 33.4 Å². The van der Waals surface area contributed by atoms with Gasteiger partial charge in [0.25, 0.3) is 5.91 Å². The number of pyridine rings is 1. The quantitative estimate of drug-likeness (QED) is 0.615. The third kappa shape index (κ3) is 3.86. The topological polar surface area (TPSA) is 85.9 Å². The Morgan fingerprint density at radius 2 is 2.07 bits per heavy atom. The second-order valence-electron chi connectivity index (χ2n) is 7.84. The number of hydrogen-bond donors (Lipinski definition) is 3. The van der Waals surface area contributed by atoms with Crippen LogP contribution in [0.15, 0.2) is 24.4 Å². The summed E-state index contributed by atoms with van der Waals surface area (Å²) in [6.07, 6.45) is 7.61. The fraction of sp³-hybridized carbons (Fsp3) is 0.476. The van der Waals surface area contributed by atoms with Gasteiger partial charge in [0.2, 0.25) is 0 Å². The first-order valence-corrected chi connectivity index (χ1v) is 11.3. The van der Waals surface area contributed by atoms with Gasteiger partial charge in [-0.15, -0.1) is 11.3 Å². The lowest BCUT2D eigenvalue weighted by molar-refractivity contribution is 0.0932. The van der Waals surface area contributed by atoms with E-state index in [-0.39, 0.29) is 11.9 Å². The van der Waals surface area contributed by atoms with Crippen molar-refractivity contribution in [2.24, 2.45) is 0 Å². The Morgan fingerprint density at radius 1 is 1.17 bits per heavy atom. The lowest BCUT2D eigenvalue weighted by Crippen LogP contribution is -2.45. The van der Waals surface area contributed by atoms with E-state index in [4.69, 9.17) is 4.98 Å². The van der Waals surface area contributed by atoms with Gasteiger partial charge in [0.1, 0.15) is 11.3 Å². The van der Waals surface area contributed by atoms with Gasteiger partial charge < -0.3 is 20.5 Å². The molecule has 0 radical (unpaired) electrons. The molecule has 2 fully saturated rings. The Labute approximate surface area is 173 Å². The molecule has 5 heterocycles. The smallest absolute Gasteiger partial charge is 0.253 e. The Bertz CT molecular complexity index is 1000. The highest BCUT2D eigenvalue weighted by molar-refractivity contribution is 7.19. The molecule has 7 nitrogen and oxygen atoms in total.